The van der Waals surface area contributed by atoms with E-state index in [0.717, 1.165) is 28.8 Å². The van der Waals surface area contributed by atoms with Crippen molar-refractivity contribution in [2.24, 2.45) is 5.92 Å². The molecular formula is C21H24N2O3. The van der Waals surface area contributed by atoms with Gasteiger partial charge in [-0.2, -0.15) is 0 Å². The van der Waals surface area contributed by atoms with Gasteiger partial charge in [-0.25, -0.2) is 0 Å². The standard InChI is InChI=1S/C21H24N2O3/c1-2-17-8-3-4-9-19(17)23-13-18(11-20(23)25)21(26)22-12-15-6-5-7-16(10-15)14-24/h3-10,18,24H,2,11-14H2,1H3,(H,22,26). The number of para-hydroxylation sites is 1. The fraction of sp³-hybridized carbons (Fsp3) is 0.333. The summed E-state index contributed by atoms with van der Waals surface area (Å²) >= 11 is 0. The van der Waals surface area contributed by atoms with E-state index >= 15 is 0 Å². The van der Waals surface area contributed by atoms with Gasteiger partial charge in [0, 0.05) is 25.2 Å². The molecule has 2 aromatic rings. The molecule has 0 radical (unpaired) electrons. The second kappa shape index (κ2) is 8.15. The minimum atomic E-state index is -0.339. The molecule has 1 heterocycles. The third-order valence-electron chi connectivity index (χ3n) is 4.80. The zero-order valence-corrected chi connectivity index (χ0v) is 14.9. The zero-order valence-electron chi connectivity index (χ0n) is 14.9. The molecule has 2 N–H and O–H groups in total. The largest absolute Gasteiger partial charge is 0.392 e. The first-order valence-electron chi connectivity index (χ1n) is 8.97. The summed E-state index contributed by atoms with van der Waals surface area (Å²) in [6.45, 7) is 2.84. The number of carbonyl (C=O) groups excluding carboxylic acids is 2. The number of nitrogens with zero attached hydrogens (tertiary/aromatic N) is 1. The Morgan fingerprint density at radius 3 is 2.73 bits per heavy atom. The Balaban J connectivity index is 1.63. The number of amides is 2. The number of nitrogens with one attached hydrogen (secondary N) is 1. The average Bonchev–Trinajstić information content (AvgIpc) is 3.07. The maximum atomic E-state index is 12.5. The van der Waals surface area contributed by atoms with Gasteiger partial charge in [0.15, 0.2) is 0 Å². The number of rotatable bonds is 6. The molecule has 2 aromatic carbocycles. The van der Waals surface area contributed by atoms with Gasteiger partial charge in [0.1, 0.15) is 0 Å². The molecule has 2 amide bonds. The lowest BCUT2D eigenvalue weighted by Gasteiger charge is -2.20. The van der Waals surface area contributed by atoms with E-state index in [1.807, 2.05) is 48.5 Å². The Morgan fingerprint density at radius 2 is 1.96 bits per heavy atom. The molecule has 1 aliphatic heterocycles. The predicted molar refractivity (Wildman–Crippen MR) is 100 cm³/mol. The summed E-state index contributed by atoms with van der Waals surface area (Å²) in [5, 5.41) is 12.1. The van der Waals surface area contributed by atoms with Crippen molar-refractivity contribution in [3.05, 3.63) is 65.2 Å². The number of anilines is 1. The van der Waals surface area contributed by atoms with Crippen LogP contribution in [0.3, 0.4) is 0 Å². The highest BCUT2D eigenvalue weighted by atomic mass is 16.3. The van der Waals surface area contributed by atoms with E-state index in [1.165, 1.54) is 0 Å². The lowest BCUT2D eigenvalue weighted by Crippen LogP contribution is -2.32. The summed E-state index contributed by atoms with van der Waals surface area (Å²) in [6, 6.07) is 15.3. The van der Waals surface area contributed by atoms with Gasteiger partial charge in [0.2, 0.25) is 11.8 Å². The lowest BCUT2D eigenvalue weighted by atomic mass is 10.1. The quantitative estimate of drug-likeness (QED) is 0.839. The van der Waals surface area contributed by atoms with Crippen LogP contribution in [0.5, 0.6) is 0 Å². The topological polar surface area (TPSA) is 69.6 Å². The van der Waals surface area contributed by atoms with E-state index in [-0.39, 0.29) is 30.8 Å². The Hall–Kier alpha value is -2.66. The van der Waals surface area contributed by atoms with Crippen LogP contribution in [-0.4, -0.2) is 23.5 Å². The summed E-state index contributed by atoms with van der Waals surface area (Å²) in [4.78, 5) is 26.7. The van der Waals surface area contributed by atoms with E-state index in [2.05, 4.69) is 12.2 Å². The smallest absolute Gasteiger partial charge is 0.227 e. The van der Waals surface area contributed by atoms with Crippen LogP contribution in [0.25, 0.3) is 0 Å². The molecule has 3 rings (SSSR count). The molecule has 0 aliphatic carbocycles. The third-order valence-corrected chi connectivity index (χ3v) is 4.80. The summed E-state index contributed by atoms with van der Waals surface area (Å²) < 4.78 is 0. The van der Waals surface area contributed by atoms with Gasteiger partial charge in [0.25, 0.3) is 0 Å². The molecule has 26 heavy (non-hydrogen) atoms. The summed E-state index contributed by atoms with van der Waals surface area (Å²) in [5.41, 5.74) is 3.77. The third kappa shape index (κ3) is 3.94. The number of aliphatic hydroxyl groups is 1. The van der Waals surface area contributed by atoms with E-state index < -0.39 is 0 Å². The number of aryl methyl sites for hydroxylation is 1. The maximum absolute atomic E-state index is 12.5. The lowest BCUT2D eigenvalue weighted by molar-refractivity contribution is -0.126. The van der Waals surface area contributed by atoms with Crippen LogP contribution in [0.15, 0.2) is 48.5 Å². The number of hydrogen-bond donors (Lipinski definition) is 2. The molecule has 0 bridgehead atoms. The highest BCUT2D eigenvalue weighted by Gasteiger charge is 2.35. The van der Waals surface area contributed by atoms with Crippen LogP contribution in [-0.2, 0) is 29.2 Å². The van der Waals surface area contributed by atoms with Gasteiger partial charge in [-0.3, -0.25) is 9.59 Å². The molecule has 1 unspecified atom stereocenters. The second-order valence-corrected chi connectivity index (χ2v) is 6.58. The van der Waals surface area contributed by atoms with Gasteiger partial charge in [-0.15, -0.1) is 0 Å². The summed E-state index contributed by atoms with van der Waals surface area (Å²) in [7, 11) is 0. The van der Waals surface area contributed by atoms with Crippen LogP contribution in [0.2, 0.25) is 0 Å². The van der Waals surface area contributed by atoms with E-state index in [0.29, 0.717) is 13.1 Å². The molecule has 5 nitrogen and oxygen atoms in total. The normalized spacial score (nSPS) is 16.8. The number of benzene rings is 2. The predicted octanol–water partition coefficient (Wildman–Crippen LogP) is 2.41. The highest BCUT2D eigenvalue weighted by Crippen LogP contribution is 2.28. The van der Waals surface area contributed by atoms with Crippen molar-refractivity contribution < 1.29 is 14.7 Å². The molecule has 1 saturated heterocycles. The molecule has 5 heteroatoms. The van der Waals surface area contributed by atoms with Crippen molar-refractivity contribution in [3.63, 3.8) is 0 Å². The van der Waals surface area contributed by atoms with Crippen molar-refractivity contribution in [2.75, 3.05) is 11.4 Å². The zero-order chi connectivity index (χ0) is 18.5. The van der Waals surface area contributed by atoms with Crippen LogP contribution in [0.4, 0.5) is 5.69 Å². The van der Waals surface area contributed by atoms with Crippen molar-refractivity contribution >= 4 is 17.5 Å². The van der Waals surface area contributed by atoms with Gasteiger partial charge < -0.3 is 15.3 Å². The maximum Gasteiger partial charge on any atom is 0.227 e. The van der Waals surface area contributed by atoms with Crippen molar-refractivity contribution in [1.29, 1.82) is 0 Å². The molecule has 1 atom stereocenters. The van der Waals surface area contributed by atoms with Gasteiger partial charge in [0.05, 0.1) is 12.5 Å². The van der Waals surface area contributed by atoms with E-state index in [4.69, 9.17) is 0 Å². The molecular weight excluding hydrogens is 328 g/mol. The first kappa shape index (κ1) is 18.1. The average molecular weight is 352 g/mol. The Morgan fingerprint density at radius 1 is 1.19 bits per heavy atom. The van der Waals surface area contributed by atoms with Crippen LogP contribution >= 0.6 is 0 Å². The van der Waals surface area contributed by atoms with E-state index in [9.17, 15) is 14.7 Å². The molecule has 0 spiro atoms. The fourth-order valence-electron chi connectivity index (χ4n) is 3.36. The SMILES string of the molecule is CCc1ccccc1N1CC(C(=O)NCc2cccc(CO)c2)CC1=O. The number of aliphatic hydroxyl groups excluding tert-OH is 1. The van der Waals surface area contributed by atoms with Crippen LogP contribution < -0.4 is 10.2 Å². The Labute approximate surface area is 153 Å². The molecule has 0 aromatic heterocycles. The minimum absolute atomic E-state index is 0.00618. The second-order valence-electron chi connectivity index (χ2n) is 6.58. The van der Waals surface area contributed by atoms with Gasteiger partial charge in [-0.1, -0.05) is 49.4 Å². The van der Waals surface area contributed by atoms with Crippen molar-refractivity contribution in [3.8, 4) is 0 Å². The Bertz CT molecular complexity index is 803. The summed E-state index contributed by atoms with van der Waals surface area (Å²) in [5.74, 6) is -0.453. The van der Waals surface area contributed by atoms with Crippen molar-refractivity contribution in [2.45, 2.75) is 32.9 Å². The summed E-state index contributed by atoms with van der Waals surface area (Å²) in [6.07, 6.45) is 1.08. The highest BCUT2D eigenvalue weighted by molar-refractivity contribution is 6.00. The number of carbonyl (C=O) groups is 2. The minimum Gasteiger partial charge on any atom is -0.392 e. The van der Waals surface area contributed by atoms with Crippen LogP contribution in [0, 0.1) is 5.92 Å². The van der Waals surface area contributed by atoms with Crippen LogP contribution in [0.1, 0.15) is 30.0 Å². The first-order chi connectivity index (χ1) is 12.6. The van der Waals surface area contributed by atoms with Gasteiger partial charge in [-0.05, 0) is 29.2 Å². The van der Waals surface area contributed by atoms with Crippen molar-refractivity contribution in [1.82, 2.24) is 5.32 Å². The molecule has 1 aliphatic rings. The fourth-order valence-corrected chi connectivity index (χ4v) is 3.36. The molecule has 136 valence electrons. The Kier molecular flexibility index (Phi) is 5.68. The molecule has 0 saturated carbocycles. The van der Waals surface area contributed by atoms with E-state index in [1.54, 1.807) is 4.90 Å². The number of hydrogen-bond acceptors (Lipinski definition) is 3. The monoisotopic (exact) mass is 352 g/mol. The first-order valence-corrected chi connectivity index (χ1v) is 8.97. The van der Waals surface area contributed by atoms with Gasteiger partial charge >= 0.3 is 0 Å². The molecule has 1 fully saturated rings.